The van der Waals surface area contributed by atoms with E-state index in [4.69, 9.17) is 16.3 Å². The van der Waals surface area contributed by atoms with Crippen LogP contribution >= 0.6 is 11.6 Å². The van der Waals surface area contributed by atoms with E-state index in [2.05, 4.69) is 19.2 Å². The van der Waals surface area contributed by atoms with E-state index in [0.717, 1.165) is 6.42 Å². The van der Waals surface area contributed by atoms with Crippen LogP contribution in [0.3, 0.4) is 0 Å². The summed E-state index contributed by atoms with van der Waals surface area (Å²) in [5.41, 5.74) is 0.285. The quantitative estimate of drug-likeness (QED) is 0.919. The number of carbonyl (C=O) groups is 1. The summed E-state index contributed by atoms with van der Waals surface area (Å²) >= 11 is 5.94. The Labute approximate surface area is 129 Å². The Morgan fingerprint density at radius 2 is 2.33 bits per heavy atom. The number of nitrogens with zero attached hydrogens (tertiary/aromatic N) is 1. The van der Waals surface area contributed by atoms with Crippen molar-refractivity contribution in [2.45, 2.75) is 26.4 Å². The number of halogens is 2. The molecule has 1 aromatic rings. The van der Waals surface area contributed by atoms with Gasteiger partial charge in [-0.15, -0.1) is 0 Å². The van der Waals surface area contributed by atoms with Crippen LogP contribution in [-0.2, 0) is 4.74 Å². The first-order valence-electron chi connectivity index (χ1n) is 7.08. The van der Waals surface area contributed by atoms with Gasteiger partial charge in [0.2, 0.25) is 0 Å². The van der Waals surface area contributed by atoms with Crippen molar-refractivity contribution in [1.82, 2.24) is 4.90 Å². The number of likely N-dealkylation sites (tertiary alicyclic amines) is 1. The van der Waals surface area contributed by atoms with Crippen molar-refractivity contribution < 1.29 is 13.9 Å². The van der Waals surface area contributed by atoms with E-state index in [-0.39, 0.29) is 17.8 Å². The fourth-order valence-electron chi connectivity index (χ4n) is 2.16. The highest BCUT2D eigenvalue weighted by Crippen LogP contribution is 2.23. The summed E-state index contributed by atoms with van der Waals surface area (Å²) in [4.78, 5) is 13.8. The second kappa shape index (κ2) is 7.09. The maximum Gasteiger partial charge on any atom is 0.321 e. The minimum atomic E-state index is -0.436. The van der Waals surface area contributed by atoms with Gasteiger partial charge in [-0.2, -0.15) is 0 Å². The third kappa shape index (κ3) is 4.58. The summed E-state index contributed by atoms with van der Waals surface area (Å²) in [7, 11) is 0. The molecule has 2 rings (SSSR count). The minimum absolute atomic E-state index is 0.0705. The van der Waals surface area contributed by atoms with Gasteiger partial charge in [-0.1, -0.05) is 25.4 Å². The topological polar surface area (TPSA) is 41.6 Å². The van der Waals surface area contributed by atoms with E-state index >= 15 is 0 Å². The monoisotopic (exact) mass is 314 g/mol. The van der Waals surface area contributed by atoms with E-state index < -0.39 is 5.82 Å². The van der Waals surface area contributed by atoms with Gasteiger partial charge in [0.05, 0.1) is 16.8 Å². The maximum absolute atomic E-state index is 13.2. The Hall–Kier alpha value is -1.33. The van der Waals surface area contributed by atoms with Gasteiger partial charge < -0.3 is 15.0 Å². The highest BCUT2D eigenvalue weighted by Gasteiger charge is 2.27. The molecule has 1 atom stereocenters. The van der Waals surface area contributed by atoms with Gasteiger partial charge in [0, 0.05) is 19.7 Å². The number of nitrogens with one attached hydrogen (secondary N) is 1. The van der Waals surface area contributed by atoms with Gasteiger partial charge >= 0.3 is 6.03 Å². The predicted molar refractivity (Wildman–Crippen MR) is 81.2 cm³/mol. The van der Waals surface area contributed by atoms with Gasteiger partial charge in [-0.05, 0) is 30.5 Å². The first kappa shape index (κ1) is 16.0. The molecule has 1 aliphatic rings. The normalized spacial score (nSPS) is 18.3. The van der Waals surface area contributed by atoms with Crippen molar-refractivity contribution >= 4 is 23.3 Å². The Morgan fingerprint density at radius 1 is 1.57 bits per heavy atom. The second-order valence-corrected chi connectivity index (χ2v) is 6.05. The summed E-state index contributed by atoms with van der Waals surface area (Å²) in [5, 5.41) is 2.95. The Kier molecular flexibility index (Phi) is 5.42. The van der Waals surface area contributed by atoms with Crippen molar-refractivity contribution in [2.75, 3.05) is 25.0 Å². The number of hydrogen-bond acceptors (Lipinski definition) is 2. The predicted octanol–water partition coefficient (Wildman–Crippen LogP) is 3.76. The molecule has 1 saturated heterocycles. The van der Waals surface area contributed by atoms with Gasteiger partial charge in [0.15, 0.2) is 0 Å². The molecule has 1 aromatic carbocycles. The molecular weight excluding hydrogens is 295 g/mol. The van der Waals surface area contributed by atoms with Crippen LogP contribution in [0.2, 0.25) is 5.02 Å². The van der Waals surface area contributed by atoms with Crippen LogP contribution in [0.1, 0.15) is 20.3 Å². The average Bonchev–Trinajstić information content (AvgIpc) is 2.89. The van der Waals surface area contributed by atoms with Gasteiger partial charge in [0.25, 0.3) is 0 Å². The number of benzene rings is 1. The third-order valence-electron chi connectivity index (χ3n) is 3.27. The fourth-order valence-corrected chi connectivity index (χ4v) is 2.33. The largest absolute Gasteiger partial charge is 0.376 e. The Morgan fingerprint density at radius 3 is 3.05 bits per heavy atom. The standard InChI is InChI=1S/C15H20ClFN2O2/c1-10(2)9-21-12-5-6-19(8-12)15(20)18-14-7-11(17)3-4-13(14)16/h3-4,7,10,12H,5-6,8-9H2,1-2H3,(H,18,20)/t12-/m1/s1. The van der Waals surface area contributed by atoms with Crippen LogP contribution in [0, 0.1) is 11.7 Å². The van der Waals surface area contributed by atoms with E-state index in [1.54, 1.807) is 4.90 Å². The lowest BCUT2D eigenvalue weighted by atomic mass is 10.2. The first-order chi connectivity index (χ1) is 9.95. The van der Waals surface area contributed by atoms with E-state index in [9.17, 15) is 9.18 Å². The molecule has 1 N–H and O–H groups in total. The summed E-state index contributed by atoms with van der Waals surface area (Å²) < 4.78 is 18.9. The zero-order valence-electron chi connectivity index (χ0n) is 12.2. The molecule has 0 radical (unpaired) electrons. The lowest BCUT2D eigenvalue weighted by Crippen LogP contribution is -2.34. The molecule has 4 nitrogen and oxygen atoms in total. The lowest BCUT2D eigenvalue weighted by Gasteiger charge is -2.18. The summed E-state index contributed by atoms with van der Waals surface area (Å²) in [5.74, 6) is 0.0354. The molecule has 0 spiro atoms. The summed E-state index contributed by atoms with van der Waals surface area (Å²) in [6.45, 7) is 6.04. The van der Waals surface area contributed by atoms with Crippen LogP contribution < -0.4 is 5.32 Å². The maximum atomic E-state index is 13.2. The third-order valence-corrected chi connectivity index (χ3v) is 3.60. The average molecular weight is 315 g/mol. The highest BCUT2D eigenvalue weighted by atomic mass is 35.5. The molecule has 1 heterocycles. The zero-order valence-corrected chi connectivity index (χ0v) is 13.0. The minimum Gasteiger partial charge on any atom is -0.376 e. The molecular formula is C15H20ClFN2O2. The fraction of sp³-hybridized carbons (Fsp3) is 0.533. The number of carbonyl (C=O) groups excluding carboxylic acids is 1. The molecule has 0 aliphatic carbocycles. The van der Waals surface area contributed by atoms with Crippen LogP contribution in [0.5, 0.6) is 0 Å². The van der Waals surface area contributed by atoms with E-state index in [1.807, 2.05) is 0 Å². The zero-order chi connectivity index (χ0) is 15.4. The number of ether oxygens (including phenoxy) is 1. The van der Waals surface area contributed by atoms with Crippen molar-refractivity contribution in [2.24, 2.45) is 5.92 Å². The molecule has 6 heteroatoms. The van der Waals surface area contributed by atoms with Crippen molar-refractivity contribution in [1.29, 1.82) is 0 Å². The molecule has 2 amide bonds. The van der Waals surface area contributed by atoms with E-state index in [0.29, 0.717) is 30.6 Å². The number of amides is 2. The molecule has 1 aliphatic heterocycles. The van der Waals surface area contributed by atoms with Crippen molar-refractivity contribution in [3.8, 4) is 0 Å². The lowest BCUT2D eigenvalue weighted by molar-refractivity contribution is 0.0440. The van der Waals surface area contributed by atoms with Crippen molar-refractivity contribution in [3.63, 3.8) is 0 Å². The molecule has 116 valence electrons. The smallest absolute Gasteiger partial charge is 0.321 e. The van der Waals surface area contributed by atoms with E-state index in [1.165, 1.54) is 18.2 Å². The molecule has 1 fully saturated rings. The SMILES string of the molecule is CC(C)CO[C@@H]1CCN(C(=O)Nc2cc(F)ccc2Cl)C1. The Balaban J connectivity index is 1.88. The Bertz CT molecular complexity index is 510. The highest BCUT2D eigenvalue weighted by molar-refractivity contribution is 6.33. The number of anilines is 1. The van der Waals surface area contributed by atoms with Crippen LogP contribution in [0.4, 0.5) is 14.9 Å². The second-order valence-electron chi connectivity index (χ2n) is 5.64. The van der Waals surface area contributed by atoms with Crippen LogP contribution in [-0.4, -0.2) is 36.7 Å². The first-order valence-corrected chi connectivity index (χ1v) is 7.46. The molecule has 0 unspecified atom stereocenters. The molecule has 0 aromatic heterocycles. The van der Waals surface area contributed by atoms with Crippen molar-refractivity contribution in [3.05, 3.63) is 29.0 Å². The molecule has 0 bridgehead atoms. The number of hydrogen-bond donors (Lipinski definition) is 1. The van der Waals surface area contributed by atoms with Gasteiger partial charge in [-0.3, -0.25) is 0 Å². The van der Waals surface area contributed by atoms with Crippen LogP contribution in [0.25, 0.3) is 0 Å². The molecule has 0 saturated carbocycles. The summed E-state index contributed by atoms with van der Waals surface area (Å²) in [6, 6.07) is 3.61. The van der Waals surface area contributed by atoms with Crippen LogP contribution in [0.15, 0.2) is 18.2 Å². The van der Waals surface area contributed by atoms with Gasteiger partial charge in [0.1, 0.15) is 5.82 Å². The summed E-state index contributed by atoms with van der Waals surface area (Å²) in [6.07, 6.45) is 0.887. The number of rotatable bonds is 4. The molecule has 21 heavy (non-hydrogen) atoms. The number of urea groups is 1. The van der Waals surface area contributed by atoms with Gasteiger partial charge in [-0.25, -0.2) is 9.18 Å².